The van der Waals surface area contributed by atoms with Crippen molar-refractivity contribution in [1.82, 2.24) is 5.32 Å². The van der Waals surface area contributed by atoms with Crippen molar-refractivity contribution in [2.45, 2.75) is 221 Å². The lowest BCUT2D eigenvalue weighted by Gasteiger charge is -2.48. The van der Waals surface area contributed by atoms with Gasteiger partial charge in [-0.2, -0.15) is 0 Å². The van der Waals surface area contributed by atoms with Gasteiger partial charge in [0, 0.05) is 6.42 Å². The highest BCUT2D eigenvalue weighted by Gasteiger charge is 2.53. The van der Waals surface area contributed by atoms with Crippen LogP contribution in [0.25, 0.3) is 0 Å². The Hall–Kier alpha value is -1.99. The molecule has 19 nitrogen and oxygen atoms in total. The molecule has 0 spiro atoms. The standard InChI is InChI=1S/C46H81NO18/c1-3-5-7-9-11-13-14-15-16-17-19-21-23-30(51)29(47-34(52)24-22-20-18-12-10-8-6-4-2)28-60-44-40(58)37(55)42(32(26-49)62-44)65-46-41(59)38(56)43(33(27-50)63-46)64-45-39(57)36(54)35(53)31(25-48)61-45/h9,11,15-16,21,23,29-33,35-46,48-51,53-59H,3-8,10,12-14,17-20,22,24-28H2,1-2H3,(H,47,52)/b11-9+,16-15+,23-21+. The first-order chi connectivity index (χ1) is 31.3. The highest BCUT2D eigenvalue weighted by molar-refractivity contribution is 5.76. The molecule has 19 heteroatoms. The quantitative estimate of drug-likeness (QED) is 0.0328. The van der Waals surface area contributed by atoms with Gasteiger partial charge in [-0.15, -0.1) is 0 Å². The Labute approximate surface area is 383 Å². The number of carbonyl (C=O) groups excluding carboxylic acids is 1. The van der Waals surface area contributed by atoms with Crippen molar-refractivity contribution < 1.29 is 89.4 Å². The number of hydrogen-bond acceptors (Lipinski definition) is 18. The molecule has 3 fully saturated rings. The molecule has 0 aromatic rings. The van der Waals surface area contributed by atoms with Gasteiger partial charge in [-0.1, -0.05) is 108 Å². The summed E-state index contributed by atoms with van der Waals surface area (Å²) in [6, 6.07) is -0.988. The van der Waals surface area contributed by atoms with E-state index in [0.29, 0.717) is 12.8 Å². The molecule has 0 aromatic carbocycles. The zero-order chi connectivity index (χ0) is 47.7. The maximum atomic E-state index is 13.1. The summed E-state index contributed by atoms with van der Waals surface area (Å²) in [5.41, 5.74) is 0. The Morgan fingerprint density at radius 2 is 0.985 bits per heavy atom. The second-order valence-electron chi connectivity index (χ2n) is 17.2. The molecule has 17 atom stereocenters. The van der Waals surface area contributed by atoms with Crippen LogP contribution >= 0.6 is 0 Å². The summed E-state index contributed by atoms with van der Waals surface area (Å²) in [4.78, 5) is 13.1. The van der Waals surface area contributed by atoms with E-state index in [-0.39, 0.29) is 18.9 Å². The van der Waals surface area contributed by atoms with Crippen LogP contribution < -0.4 is 5.32 Å². The Kier molecular flexibility index (Phi) is 28.2. The number of aliphatic hydroxyl groups is 11. The molecule has 0 aliphatic carbocycles. The van der Waals surface area contributed by atoms with Gasteiger partial charge >= 0.3 is 0 Å². The molecule has 3 aliphatic heterocycles. The molecule has 3 rings (SSSR count). The fraction of sp³-hybridized carbons (Fsp3) is 0.848. The summed E-state index contributed by atoms with van der Waals surface area (Å²) >= 11 is 0. The van der Waals surface area contributed by atoms with Crippen LogP contribution in [0.3, 0.4) is 0 Å². The topological polar surface area (TPSA) is 307 Å². The van der Waals surface area contributed by atoms with Crippen LogP contribution in [0.15, 0.2) is 36.5 Å². The molecule has 3 saturated heterocycles. The molecule has 17 unspecified atom stereocenters. The first-order valence-corrected chi connectivity index (χ1v) is 23.7. The number of ether oxygens (including phenoxy) is 6. The maximum absolute atomic E-state index is 13.1. The van der Waals surface area contributed by atoms with E-state index in [1.54, 1.807) is 12.2 Å². The molecule has 3 aliphatic rings. The molecule has 0 saturated carbocycles. The molecule has 12 N–H and O–H groups in total. The van der Waals surface area contributed by atoms with Crippen molar-refractivity contribution in [1.29, 1.82) is 0 Å². The second kappa shape index (κ2) is 31.9. The summed E-state index contributed by atoms with van der Waals surface area (Å²) in [5, 5.41) is 119. The maximum Gasteiger partial charge on any atom is 0.220 e. The molecule has 378 valence electrons. The van der Waals surface area contributed by atoms with E-state index in [4.69, 9.17) is 28.4 Å². The highest BCUT2D eigenvalue weighted by Crippen LogP contribution is 2.33. The number of rotatable bonds is 31. The zero-order valence-electron chi connectivity index (χ0n) is 38.2. The van der Waals surface area contributed by atoms with Crippen molar-refractivity contribution >= 4 is 5.91 Å². The van der Waals surface area contributed by atoms with Gasteiger partial charge in [-0.25, -0.2) is 0 Å². The van der Waals surface area contributed by atoms with Crippen LogP contribution in [-0.4, -0.2) is 193 Å². The Balaban J connectivity index is 1.61. The Morgan fingerprint density at radius 3 is 1.52 bits per heavy atom. The molecule has 0 aromatic heterocycles. The lowest BCUT2D eigenvalue weighted by Crippen LogP contribution is -2.66. The lowest BCUT2D eigenvalue weighted by molar-refractivity contribution is -0.379. The van der Waals surface area contributed by atoms with Crippen molar-refractivity contribution in [3.8, 4) is 0 Å². The Bertz CT molecular complexity index is 1350. The van der Waals surface area contributed by atoms with Crippen molar-refractivity contribution in [3.05, 3.63) is 36.5 Å². The van der Waals surface area contributed by atoms with Crippen LogP contribution in [0.2, 0.25) is 0 Å². The van der Waals surface area contributed by atoms with Crippen LogP contribution in [0.5, 0.6) is 0 Å². The minimum Gasteiger partial charge on any atom is -0.394 e. The van der Waals surface area contributed by atoms with E-state index in [0.717, 1.165) is 51.4 Å². The summed E-state index contributed by atoms with van der Waals surface area (Å²) < 4.78 is 33.9. The zero-order valence-corrected chi connectivity index (χ0v) is 38.2. The van der Waals surface area contributed by atoms with Crippen LogP contribution in [0.4, 0.5) is 0 Å². The van der Waals surface area contributed by atoms with Gasteiger partial charge in [0.15, 0.2) is 18.9 Å². The largest absolute Gasteiger partial charge is 0.394 e. The summed E-state index contributed by atoms with van der Waals surface area (Å²) in [5.74, 6) is -0.300. The van der Waals surface area contributed by atoms with Crippen molar-refractivity contribution in [2.75, 3.05) is 26.4 Å². The van der Waals surface area contributed by atoms with Gasteiger partial charge in [0.05, 0.1) is 38.6 Å². The summed E-state index contributed by atoms with van der Waals surface area (Å²) in [6.45, 7) is 1.54. The molecular weight excluding hydrogens is 854 g/mol. The lowest BCUT2D eigenvalue weighted by atomic mass is 9.96. The SMILES string of the molecule is CCCC/C=C/CC/C=C/CC/C=C/C(O)C(COC1OC(CO)C(OC2OC(CO)C(OC3OC(CO)C(O)C(O)C3O)C(O)C2O)C(O)C1O)NC(=O)CCCCCCCCCC. The van der Waals surface area contributed by atoms with E-state index >= 15 is 0 Å². The smallest absolute Gasteiger partial charge is 0.220 e. The molecular formula is C46H81NO18. The van der Waals surface area contributed by atoms with E-state index < -0.39 is 124 Å². The van der Waals surface area contributed by atoms with Crippen molar-refractivity contribution in [3.63, 3.8) is 0 Å². The van der Waals surface area contributed by atoms with Gasteiger partial charge in [0.1, 0.15) is 73.2 Å². The van der Waals surface area contributed by atoms with E-state index in [1.165, 1.54) is 32.1 Å². The van der Waals surface area contributed by atoms with Crippen molar-refractivity contribution in [2.24, 2.45) is 0 Å². The predicted molar refractivity (Wildman–Crippen MR) is 236 cm³/mol. The second-order valence-corrected chi connectivity index (χ2v) is 17.2. The molecule has 3 heterocycles. The third-order valence-electron chi connectivity index (χ3n) is 11.9. The Morgan fingerprint density at radius 1 is 0.538 bits per heavy atom. The first-order valence-electron chi connectivity index (χ1n) is 23.7. The van der Waals surface area contributed by atoms with E-state index in [9.17, 15) is 61.0 Å². The number of amides is 1. The third-order valence-corrected chi connectivity index (χ3v) is 11.9. The van der Waals surface area contributed by atoms with E-state index in [1.807, 2.05) is 0 Å². The number of carbonyl (C=O) groups is 1. The number of nitrogens with one attached hydrogen (secondary N) is 1. The minimum atomic E-state index is -1.98. The van der Waals surface area contributed by atoms with Gasteiger partial charge < -0.3 is 89.9 Å². The molecule has 0 radical (unpaired) electrons. The molecule has 65 heavy (non-hydrogen) atoms. The van der Waals surface area contributed by atoms with Gasteiger partial charge in [0.25, 0.3) is 0 Å². The molecule has 0 bridgehead atoms. The van der Waals surface area contributed by atoms with E-state index in [2.05, 4.69) is 43.5 Å². The summed E-state index contributed by atoms with van der Waals surface area (Å²) in [6.07, 6.45) is 0.474. The van der Waals surface area contributed by atoms with Gasteiger partial charge in [0.2, 0.25) is 5.91 Å². The average molecular weight is 936 g/mol. The normalized spacial score (nSPS) is 34.4. The number of aliphatic hydroxyl groups excluding tert-OH is 11. The monoisotopic (exact) mass is 936 g/mol. The van der Waals surface area contributed by atoms with Crippen LogP contribution in [0.1, 0.15) is 117 Å². The number of hydrogen-bond donors (Lipinski definition) is 12. The van der Waals surface area contributed by atoms with Crippen LogP contribution in [-0.2, 0) is 33.2 Å². The first kappa shape index (κ1) is 57.3. The fourth-order valence-electron chi connectivity index (χ4n) is 7.85. The number of allylic oxidation sites excluding steroid dienone is 5. The fourth-order valence-corrected chi connectivity index (χ4v) is 7.85. The molecule has 1 amide bonds. The minimum absolute atomic E-state index is 0.231. The van der Waals surface area contributed by atoms with Crippen LogP contribution in [0, 0.1) is 0 Å². The highest BCUT2D eigenvalue weighted by atomic mass is 16.8. The van der Waals surface area contributed by atoms with Gasteiger partial charge in [-0.05, 0) is 38.5 Å². The van der Waals surface area contributed by atoms with Gasteiger partial charge in [-0.3, -0.25) is 4.79 Å². The average Bonchev–Trinajstić information content (AvgIpc) is 3.30. The third kappa shape index (κ3) is 18.8. The number of unbranched alkanes of at least 4 members (excludes halogenated alkanes) is 11. The predicted octanol–water partition coefficient (Wildman–Crippen LogP) is 0.247. The summed E-state index contributed by atoms with van der Waals surface area (Å²) in [7, 11) is 0.